The number of fused-ring (bicyclic) bond motifs is 1. The highest BCUT2D eigenvalue weighted by Crippen LogP contribution is 2.32. The molecule has 0 N–H and O–H groups in total. The third kappa shape index (κ3) is 3.42. The van der Waals surface area contributed by atoms with Gasteiger partial charge in [-0.15, -0.1) is 0 Å². The summed E-state index contributed by atoms with van der Waals surface area (Å²) in [5.41, 5.74) is 1.14. The van der Waals surface area contributed by atoms with Gasteiger partial charge in [0.05, 0.1) is 6.54 Å². The molecule has 1 aliphatic heterocycles. The van der Waals surface area contributed by atoms with Crippen LogP contribution in [0.5, 0.6) is 11.5 Å². The first-order chi connectivity index (χ1) is 9.47. The maximum Gasteiger partial charge on any atom is 0.236 e. The fourth-order valence-corrected chi connectivity index (χ4v) is 2.17. The zero-order valence-corrected chi connectivity index (χ0v) is 12.5. The molecule has 1 heterocycles. The molecule has 0 radical (unpaired) electrons. The molecule has 1 unspecified atom stereocenters. The lowest BCUT2D eigenvalue weighted by atomic mass is 10.1. The Hall–Kier alpha value is -1.75. The summed E-state index contributed by atoms with van der Waals surface area (Å²) < 4.78 is 10.7. The minimum Gasteiger partial charge on any atom is -0.454 e. The third-order valence-corrected chi connectivity index (χ3v) is 3.47. The van der Waals surface area contributed by atoms with Crippen LogP contribution in [0.25, 0.3) is 0 Å². The maximum atomic E-state index is 12.0. The molecule has 0 saturated heterocycles. The van der Waals surface area contributed by atoms with Crippen LogP contribution < -0.4 is 9.47 Å². The Morgan fingerprint density at radius 3 is 2.65 bits per heavy atom. The molecule has 1 aromatic carbocycles. The van der Waals surface area contributed by atoms with E-state index in [4.69, 9.17) is 9.47 Å². The van der Waals surface area contributed by atoms with E-state index in [-0.39, 0.29) is 18.7 Å². The van der Waals surface area contributed by atoms with Gasteiger partial charge in [-0.1, -0.05) is 6.07 Å². The Labute approximate surface area is 120 Å². The Kier molecular flexibility index (Phi) is 4.49. The maximum absolute atomic E-state index is 12.0. The van der Waals surface area contributed by atoms with Crippen LogP contribution in [-0.2, 0) is 11.2 Å². The lowest BCUT2D eigenvalue weighted by molar-refractivity contribution is -0.132. The van der Waals surface area contributed by atoms with E-state index in [2.05, 4.69) is 6.92 Å². The first-order valence-electron chi connectivity index (χ1n) is 6.76. The number of rotatable bonds is 5. The number of nitrogens with zero attached hydrogens (tertiary/aromatic N) is 2. The molecule has 0 aromatic heterocycles. The van der Waals surface area contributed by atoms with Crippen molar-refractivity contribution in [2.45, 2.75) is 19.4 Å². The van der Waals surface area contributed by atoms with Gasteiger partial charge >= 0.3 is 0 Å². The predicted molar refractivity (Wildman–Crippen MR) is 77.1 cm³/mol. The van der Waals surface area contributed by atoms with Crippen molar-refractivity contribution in [2.75, 3.05) is 34.5 Å². The lowest BCUT2D eigenvalue weighted by Gasteiger charge is -2.26. The molecule has 0 bridgehead atoms. The summed E-state index contributed by atoms with van der Waals surface area (Å²) in [6.45, 7) is 2.77. The highest BCUT2D eigenvalue weighted by atomic mass is 16.7. The van der Waals surface area contributed by atoms with Crippen LogP contribution in [0.3, 0.4) is 0 Å². The van der Waals surface area contributed by atoms with Crippen LogP contribution in [0, 0.1) is 0 Å². The van der Waals surface area contributed by atoms with Gasteiger partial charge in [-0.2, -0.15) is 0 Å². The minimum atomic E-state index is 0.128. The lowest BCUT2D eigenvalue weighted by Crippen LogP contribution is -2.41. The molecule has 0 aliphatic carbocycles. The van der Waals surface area contributed by atoms with Gasteiger partial charge in [0.2, 0.25) is 12.7 Å². The van der Waals surface area contributed by atoms with E-state index >= 15 is 0 Å². The first-order valence-corrected chi connectivity index (χ1v) is 6.76. The van der Waals surface area contributed by atoms with Gasteiger partial charge in [-0.05, 0) is 45.1 Å². The zero-order valence-electron chi connectivity index (χ0n) is 12.5. The van der Waals surface area contributed by atoms with Gasteiger partial charge in [-0.3, -0.25) is 4.79 Å². The molecule has 5 nitrogen and oxygen atoms in total. The predicted octanol–water partition coefficient (Wildman–Crippen LogP) is 1.37. The summed E-state index contributed by atoms with van der Waals surface area (Å²) in [5.74, 6) is 1.71. The molecular weight excluding hydrogens is 256 g/mol. The van der Waals surface area contributed by atoms with Gasteiger partial charge in [0.25, 0.3) is 0 Å². The van der Waals surface area contributed by atoms with Crippen LogP contribution in [0.4, 0.5) is 0 Å². The van der Waals surface area contributed by atoms with Crippen LogP contribution in [0.1, 0.15) is 12.5 Å². The number of carbonyl (C=O) groups excluding carboxylic acids is 1. The molecule has 1 aromatic rings. The Morgan fingerprint density at radius 2 is 1.95 bits per heavy atom. The third-order valence-electron chi connectivity index (χ3n) is 3.47. The summed E-state index contributed by atoms with van der Waals surface area (Å²) in [4.78, 5) is 15.7. The highest BCUT2D eigenvalue weighted by molar-refractivity contribution is 5.78. The van der Waals surface area contributed by atoms with Crippen LogP contribution in [0.15, 0.2) is 18.2 Å². The number of carbonyl (C=O) groups is 1. The van der Waals surface area contributed by atoms with Crippen molar-refractivity contribution in [3.05, 3.63) is 23.8 Å². The van der Waals surface area contributed by atoms with Gasteiger partial charge in [-0.25, -0.2) is 0 Å². The van der Waals surface area contributed by atoms with Gasteiger partial charge in [0.15, 0.2) is 11.5 Å². The second-order valence-corrected chi connectivity index (χ2v) is 5.48. The van der Waals surface area contributed by atoms with E-state index in [0.717, 1.165) is 23.5 Å². The van der Waals surface area contributed by atoms with Crippen molar-refractivity contribution in [1.82, 2.24) is 9.80 Å². The average Bonchev–Trinajstić information content (AvgIpc) is 2.84. The number of hydrogen-bond donors (Lipinski definition) is 0. The van der Waals surface area contributed by atoms with Gasteiger partial charge < -0.3 is 19.3 Å². The topological polar surface area (TPSA) is 42.0 Å². The fraction of sp³-hybridized carbons (Fsp3) is 0.533. The van der Waals surface area contributed by atoms with Crippen molar-refractivity contribution in [2.24, 2.45) is 0 Å². The first kappa shape index (κ1) is 14.7. The molecule has 2 rings (SSSR count). The highest BCUT2D eigenvalue weighted by Gasteiger charge is 2.18. The number of likely N-dealkylation sites (N-methyl/N-ethyl adjacent to an activating group) is 2. The summed E-state index contributed by atoms with van der Waals surface area (Å²) in [6.07, 6.45) is 0.798. The van der Waals surface area contributed by atoms with E-state index in [0.29, 0.717) is 6.54 Å². The van der Waals surface area contributed by atoms with Crippen molar-refractivity contribution < 1.29 is 14.3 Å². The standard InChI is InChI=1S/C15H22N2O3/c1-11(17(4)15(18)9-16(2)3)7-12-5-6-13-14(8-12)20-10-19-13/h5-6,8,11H,7,9-10H2,1-4H3. The average molecular weight is 278 g/mol. The smallest absolute Gasteiger partial charge is 0.236 e. The zero-order chi connectivity index (χ0) is 14.7. The summed E-state index contributed by atoms with van der Waals surface area (Å²) in [5, 5.41) is 0. The quantitative estimate of drug-likeness (QED) is 0.816. The number of ether oxygens (including phenoxy) is 2. The monoisotopic (exact) mass is 278 g/mol. The number of amides is 1. The molecule has 0 spiro atoms. The van der Waals surface area contributed by atoms with Crippen molar-refractivity contribution >= 4 is 5.91 Å². The van der Waals surface area contributed by atoms with E-state index in [9.17, 15) is 4.79 Å². The molecule has 1 amide bonds. The Balaban J connectivity index is 1.97. The summed E-state index contributed by atoms with van der Waals surface area (Å²) in [6, 6.07) is 6.08. The molecule has 20 heavy (non-hydrogen) atoms. The second-order valence-electron chi connectivity index (χ2n) is 5.48. The minimum absolute atomic E-state index is 0.128. The van der Waals surface area contributed by atoms with E-state index in [1.165, 1.54) is 0 Å². The van der Waals surface area contributed by atoms with E-state index in [1.54, 1.807) is 4.90 Å². The molecule has 5 heteroatoms. The molecule has 110 valence electrons. The molecule has 0 saturated carbocycles. The molecular formula is C15H22N2O3. The number of benzene rings is 1. The normalized spacial score (nSPS) is 14.4. The second kappa shape index (κ2) is 6.13. The molecule has 0 fully saturated rings. The summed E-state index contributed by atoms with van der Waals surface area (Å²) in [7, 11) is 5.64. The van der Waals surface area contributed by atoms with Crippen LogP contribution in [0.2, 0.25) is 0 Å². The van der Waals surface area contributed by atoms with Crippen LogP contribution in [-0.4, -0.2) is 56.2 Å². The van der Waals surface area contributed by atoms with Gasteiger partial charge in [0.1, 0.15) is 0 Å². The molecule has 1 atom stereocenters. The molecule has 1 aliphatic rings. The Bertz CT molecular complexity index is 488. The van der Waals surface area contributed by atoms with Gasteiger partial charge in [0, 0.05) is 13.1 Å². The van der Waals surface area contributed by atoms with E-state index < -0.39 is 0 Å². The Morgan fingerprint density at radius 1 is 1.25 bits per heavy atom. The van der Waals surface area contributed by atoms with Crippen molar-refractivity contribution in [3.8, 4) is 11.5 Å². The van der Waals surface area contributed by atoms with Crippen molar-refractivity contribution in [3.63, 3.8) is 0 Å². The summed E-state index contributed by atoms with van der Waals surface area (Å²) >= 11 is 0. The van der Waals surface area contributed by atoms with E-state index in [1.807, 2.05) is 44.2 Å². The SMILES string of the molecule is CC(Cc1ccc2c(c1)OCO2)N(C)C(=O)CN(C)C. The van der Waals surface area contributed by atoms with Crippen molar-refractivity contribution in [1.29, 1.82) is 0 Å². The fourth-order valence-electron chi connectivity index (χ4n) is 2.17. The number of hydrogen-bond acceptors (Lipinski definition) is 4. The van der Waals surface area contributed by atoms with Crippen LogP contribution >= 0.6 is 0 Å². The largest absolute Gasteiger partial charge is 0.454 e.